The van der Waals surface area contributed by atoms with Crippen molar-refractivity contribution in [2.75, 3.05) is 25.1 Å². The van der Waals surface area contributed by atoms with E-state index in [9.17, 15) is 9.59 Å². The average Bonchev–Trinajstić information content (AvgIpc) is 2.80. The first-order chi connectivity index (χ1) is 15.5. The molecular formula is C25H35N3O4. The van der Waals surface area contributed by atoms with Gasteiger partial charge in [0, 0.05) is 25.8 Å². The number of urea groups is 1. The van der Waals surface area contributed by atoms with Gasteiger partial charge in [-0.15, -0.1) is 0 Å². The van der Waals surface area contributed by atoms with Crippen LogP contribution in [0.5, 0.6) is 0 Å². The van der Waals surface area contributed by atoms with Gasteiger partial charge in [-0.25, -0.2) is 9.78 Å². The second-order valence-corrected chi connectivity index (χ2v) is 7.75. The number of pyridine rings is 1. The highest BCUT2D eigenvalue weighted by Crippen LogP contribution is 2.26. The average molecular weight is 442 g/mol. The number of anilines is 1. The highest BCUT2D eigenvalue weighted by Gasteiger charge is 2.16. The van der Waals surface area contributed by atoms with Crippen LogP contribution in [0.2, 0.25) is 0 Å². The molecule has 1 atom stereocenters. The number of carboxylic acid groups (broad SMARTS) is 1. The summed E-state index contributed by atoms with van der Waals surface area (Å²) < 4.78 is 5.57. The minimum Gasteiger partial charge on any atom is -0.481 e. The molecule has 0 unspecified atom stereocenters. The summed E-state index contributed by atoms with van der Waals surface area (Å²) in [4.78, 5) is 29.7. The number of aromatic nitrogens is 1. The fraction of sp³-hybridized carbons (Fsp3) is 0.480. The third-order valence-electron chi connectivity index (χ3n) is 5.25. The first-order valence-electron chi connectivity index (χ1n) is 11.4. The lowest BCUT2D eigenvalue weighted by molar-refractivity contribution is -0.140. The number of rotatable bonds is 13. The zero-order valence-electron chi connectivity index (χ0n) is 19.3. The molecular weight excluding hydrogens is 406 g/mol. The molecule has 7 heteroatoms. The van der Waals surface area contributed by atoms with Gasteiger partial charge in [-0.2, -0.15) is 0 Å². The largest absolute Gasteiger partial charge is 0.481 e. The van der Waals surface area contributed by atoms with E-state index in [1.807, 2.05) is 43.3 Å². The molecule has 174 valence electrons. The van der Waals surface area contributed by atoms with E-state index in [-0.39, 0.29) is 12.5 Å². The second-order valence-electron chi connectivity index (χ2n) is 7.75. The Morgan fingerprint density at radius 2 is 1.78 bits per heavy atom. The van der Waals surface area contributed by atoms with Gasteiger partial charge in [0.1, 0.15) is 5.82 Å². The third kappa shape index (κ3) is 7.96. The normalized spacial score (nSPS) is 11.7. The summed E-state index contributed by atoms with van der Waals surface area (Å²) in [5.74, 6) is -0.336. The number of hydrogen-bond acceptors (Lipinski definition) is 4. The van der Waals surface area contributed by atoms with Gasteiger partial charge in [-0.1, -0.05) is 62.9 Å². The maximum Gasteiger partial charge on any atom is 0.322 e. The molecule has 7 nitrogen and oxygen atoms in total. The number of hydrogen-bond donors (Lipinski definition) is 2. The number of amides is 2. The van der Waals surface area contributed by atoms with E-state index in [1.54, 1.807) is 13.1 Å². The number of carboxylic acids is 1. The highest BCUT2D eigenvalue weighted by atomic mass is 16.5. The van der Waals surface area contributed by atoms with Crippen LogP contribution in [0.4, 0.5) is 10.6 Å². The van der Waals surface area contributed by atoms with Gasteiger partial charge in [-0.05, 0) is 31.0 Å². The van der Waals surface area contributed by atoms with E-state index in [0.717, 1.165) is 29.7 Å². The molecule has 0 bridgehead atoms. The summed E-state index contributed by atoms with van der Waals surface area (Å²) in [6.45, 7) is 5.13. The lowest BCUT2D eigenvalue weighted by Crippen LogP contribution is -2.38. The first kappa shape index (κ1) is 25.3. The van der Waals surface area contributed by atoms with Crippen LogP contribution in [-0.2, 0) is 9.53 Å². The standard InChI is InChI=1S/C25H35N3O4/c1-4-6-7-8-9-17-26-25(31)28(3)23-12-10-11-21(27-23)19-13-15-20(16-14-19)22(32-5-2)18-24(29)30/h10-16,22H,4-9,17-18H2,1-3H3,(H,26,31)(H,29,30)/t22-/m0/s1. The topological polar surface area (TPSA) is 91.8 Å². The zero-order chi connectivity index (χ0) is 23.3. The molecule has 0 saturated carbocycles. The Kier molecular flexibility index (Phi) is 10.7. The van der Waals surface area contributed by atoms with E-state index >= 15 is 0 Å². The lowest BCUT2D eigenvalue weighted by atomic mass is 10.0. The molecule has 2 amide bonds. The summed E-state index contributed by atoms with van der Waals surface area (Å²) in [7, 11) is 1.71. The van der Waals surface area contributed by atoms with Gasteiger partial charge in [0.2, 0.25) is 0 Å². The first-order valence-corrected chi connectivity index (χ1v) is 11.4. The Balaban J connectivity index is 2.02. The van der Waals surface area contributed by atoms with Crippen molar-refractivity contribution in [3.63, 3.8) is 0 Å². The molecule has 2 aromatic rings. The van der Waals surface area contributed by atoms with Gasteiger partial charge in [0.15, 0.2) is 0 Å². The number of benzene rings is 1. The summed E-state index contributed by atoms with van der Waals surface area (Å²) in [6.07, 6.45) is 5.17. The smallest absolute Gasteiger partial charge is 0.322 e. The zero-order valence-corrected chi connectivity index (χ0v) is 19.3. The van der Waals surface area contributed by atoms with Crippen molar-refractivity contribution in [2.45, 2.75) is 58.5 Å². The number of aliphatic carboxylic acids is 1. The van der Waals surface area contributed by atoms with Crippen LogP contribution in [0, 0.1) is 0 Å². The Hall–Kier alpha value is -2.93. The predicted molar refractivity (Wildman–Crippen MR) is 127 cm³/mol. The number of nitrogens with one attached hydrogen (secondary N) is 1. The van der Waals surface area contributed by atoms with Gasteiger partial charge in [-0.3, -0.25) is 9.69 Å². The van der Waals surface area contributed by atoms with Crippen molar-refractivity contribution in [1.82, 2.24) is 10.3 Å². The summed E-state index contributed by atoms with van der Waals surface area (Å²) in [5.41, 5.74) is 2.43. The summed E-state index contributed by atoms with van der Waals surface area (Å²) in [5, 5.41) is 12.1. The van der Waals surface area contributed by atoms with Crippen LogP contribution in [0.1, 0.15) is 64.0 Å². The van der Waals surface area contributed by atoms with E-state index in [1.165, 1.54) is 24.2 Å². The monoisotopic (exact) mass is 441 g/mol. The van der Waals surface area contributed by atoms with Crippen LogP contribution < -0.4 is 10.2 Å². The fourth-order valence-electron chi connectivity index (χ4n) is 3.42. The summed E-state index contributed by atoms with van der Waals surface area (Å²) >= 11 is 0. The predicted octanol–water partition coefficient (Wildman–Crippen LogP) is 5.42. The number of nitrogens with zero attached hydrogens (tertiary/aromatic N) is 2. The maximum atomic E-state index is 12.5. The van der Waals surface area contributed by atoms with Gasteiger partial charge in [0.25, 0.3) is 0 Å². The molecule has 0 aliphatic carbocycles. The minimum atomic E-state index is -0.899. The molecule has 2 N–H and O–H groups in total. The van der Waals surface area contributed by atoms with E-state index in [2.05, 4.69) is 17.2 Å². The van der Waals surface area contributed by atoms with Crippen molar-refractivity contribution >= 4 is 17.8 Å². The van der Waals surface area contributed by atoms with Gasteiger partial charge < -0.3 is 15.2 Å². The van der Waals surface area contributed by atoms with E-state index < -0.39 is 12.1 Å². The van der Waals surface area contributed by atoms with Gasteiger partial charge in [0.05, 0.1) is 18.2 Å². The molecule has 1 aromatic heterocycles. The molecule has 0 spiro atoms. The van der Waals surface area contributed by atoms with Gasteiger partial charge >= 0.3 is 12.0 Å². The SMILES string of the molecule is CCCCCCCNC(=O)N(C)c1cccc(-c2ccc([C@H](CC(=O)O)OCC)cc2)n1. The quantitative estimate of drug-likeness (QED) is 0.405. The summed E-state index contributed by atoms with van der Waals surface area (Å²) in [6, 6.07) is 12.9. The molecule has 2 rings (SSSR count). The minimum absolute atomic E-state index is 0.0839. The second kappa shape index (κ2) is 13.5. The van der Waals surface area contributed by atoms with Crippen LogP contribution >= 0.6 is 0 Å². The Morgan fingerprint density at radius 3 is 2.44 bits per heavy atom. The van der Waals surface area contributed by atoms with Crippen LogP contribution in [-0.4, -0.2) is 42.3 Å². The Labute approximate surface area is 190 Å². The number of carbonyl (C=O) groups excluding carboxylic acids is 1. The highest BCUT2D eigenvalue weighted by molar-refractivity contribution is 5.90. The van der Waals surface area contributed by atoms with Crippen LogP contribution in [0.25, 0.3) is 11.3 Å². The fourth-order valence-corrected chi connectivity index (χ4v) is 3.42. The molecule has 0 radical (unpaired) electrons. The lowest BCUT2D eigenvalue weighted by Gasteiger charge is -2.18. The molecule has 32 heavy (non-hydrogen) atoms. The van der Waals surface area contributed by atoms with E-state index in [4.69, 9.17) is 9.84 Å². The van der Waals surface area contributed by atoms with Crippen LogP contribution in [0.3, 0.4) is 0 Å². The molecule has 0 fully saturated rings. The Morgan fingerprint density at radius 1 is 1.06 bits per heavy atom. The number of carbonyl (C=O) groups is 2. The molecule has 0 saturated heterocycles. The van der Waals surface area contributed by atoms with E-state index in [0.29, 0.717) is 19.0 Å². The van der Waals surface area contributed by atoms with Crippen molar-refractivity contribution in [3.8, 4) is 11.3 Å². The van der Waals surface area contributed by atoms with Crippen molar-refractivity contribution in [1.29, 1.82) is 0 Å². The molecule has 0 aliphatic rings. The van der Waals surface area contributed by atoms with Crippen molar-refractivity contribution in [3.05, 3.63) is 48.0 Å². The maximum absolute atomic E-state index is 12.5. The molecule has 0 aliphatic heterocycles. The number of ether oxygens (including phenoxy) is 1. The van der Waals surface area contributed by atoms with Crippen molar-refractivity contribution < 1.29 is 19.4 Å². The van der Waals surface area contributed by atoms with Crippen LogP contribution in [0.15, 0.2) is 42.5 Å². The molecule has 1 heterocycles. The van der Waals surface area contributed by atoms with Crippen molar-refractivity contribution in [2.24, 2.45) is 0 Å². The molecule has 1 aromatic carbocycles. The number of unbranched alkanes of at least 4 members (excludes halogenated alkanes) is 4. The third-order valence-corrected chi connectivity index (χ3v) is 5.25. The Bertz CT molecular complexity index is 855.